The van der Waals surface area contributed by atoms with Crippen LogP contribution in [0.15, 0.2) is 65.6 Å². The number of carbonyl (C=O) groups is 1. The van der Waals surface area contributed by atoms with Crippen molar-refractivity contribution >= 4 is 52.0 Å². The number of thioether (sulfide) groups is 1. The van der Waals surface area contributed by atoms with Gasteiger partial charge in [0, 0.05) is 5.69 Å². The molecule has 0 spiro atoms. The average Bonchev–Trinajstić information content (AvgIpc) is 3.16. The number of hydrogen-bond donors (Lipinski definition) is 2. The average molecular weight is 590 g/mol. The molecule has 1 aliphatic rings. The van der Waals surface area contributed by atoms with Crippen LogP contribution in [-0.4, -0.2) is 18.5 Å². The molecule has 0 bridgehead atoms. The van der Waals surface area contributed by atoms with Crippen LogP contribution in [0.1, 0.15) is 23.6 Å². The molecule has 4 rings (SSSR count). The molecule has 3 aromatic carbocycles. The molecule has 0 unspecified atom stereocenters. The minimum atomic E-state index is -0.303. The van der Waals surface area contributed by atoms with E-state index >= 15 is 0 Å². The van der Waals surface area contributed by atoms with Gasteiger partial charge in [-0.15, -0.1) is 0 Å². The largest absolute Gasteiger partial charge is 0.493 e. The van der Waals surface area contributed by atoms with Crippen molar-refractivity contribution in [2.45, 2.75) is 25.4 Å². The smallest absolute Gasteiger partial charge is 0.260 e. The zero-order valence-electron chi connectivity index (χ0n) is 18.7. The number of benzene rings is 3. The standard InChI is InChI=1S/C26H24FIN2O3S/c1-3-16-7-9-20(10-8-16)29-26-30-25(31)23(34-26)14-18-12-21(28)24(22(13-18)32-2)33-15-17-5-4-6-19(27)11-17/h4-14,26,29H,3,15H2,1-2H3,(H,30,31)/b23-14-/t26-/m1/s1. The molecule has 0 aliphatic carbocycles. The van der Waals surface area contributed by atoms with Gasteiger partial charge in [-0.3, -0.25) is 4.79 Å². The van der Waals surface area contributed by atoms with Gasteiger partial charge in [-0.2, -0.15) is 0 Å². The summed E-state index contributed by atoms with van der Waals surface area (Å²) >= 11 is 3.60. The number of aryl methyl sites for hydroxylation is 1. The number of amides is 1. The van der Waals surface area contributed by atoms with Gasteiger partial charge in [-0.25, -0.2) is 4.39 Å². The fourth-order valence-electron chi connectivity index (χ4n) is 3.45. The van der Waals surface area contributed by atoms with Crippen LogP contribution >= 0.6 is 34.4 Å². The Morgan fingerprint density at radius 1 is 1.15 bits per heavy atom. The third-order valence-corrected chi connectivity index (χ3v) is 7.04. The second-order valence-corrected chi connectivity index (χ2v) is 9.94. The van der Waals surface area contributed by atoms with Gasteiger partial charge in [0.2, 0.25) is 0 Å². The number of halogens is 2. The van der Waals surface area contributed by atoms with Crippen molar-refractivity contribution in [3.63, 3.8) is 0 Å². The molecule has 1 fully saturated rings. The van der Waals surface area contributed by atoms with E-state index in [0.717, 1.165) is 26.8 Å². The lowest BCUT2D eigenvalue weighted by molar-refractivity contribution is -0.116. The van der Waals surface area contributed by atoms with Gasteiger partial charge < -0.3 is 20.1 Å². The molecule has 1 saturated heterocycles. The molecular formula is C26H24FIN2O3S. The Balaban J connectivity index is 1.47. The van der Waals surface area contributed by atoms with Crippen LogP contribution in [-0.2, 0) is 17.8 Å². The Kier molecular flexibility index (Phi) is 7.99. The molecule has 0 saturated carbocycles. The van der Waals surface area contributed by atoms with Crippen LogP contribution in [0.5, 0.6) is 11.5 Å². The van der Waals surface area contributed by atoms with Crippen molar-refractivity contribution in [2.75, 3.05) is 12.4 Å². The van der Waals surface area contributed by atoms with Crippen molar-refractivity contribution in [2.24, 2.45) is 0 Å². The molecule has 1 aliphatic heterocycles. The fourth-order valence-corrected chi connectivity index (χ4v) is 5.22. The summed E-state index contributed by atoms with van der Waals surface area (Å²) in [5.41, 5.74) is 3.52. The van der Waals surface area contributed by atoms with Gasteiger partial charge in [-0.1, -0.05) is 43.0 Å². The lowest BCUT2D eigenvalue weighted by atomic mass is 10.1. The Hall–Kier alpha value is -2.72. The van der Waals surface area contributed by atoms with Crippen molar-refractivity contribution in [1.82, 2.24) is 5.32 Å². The van der Waals surface area contributed by atoms with Crippen molar-refractivity contribution in [3.8, 4) is 11.5 Å². The zero-order chi connectivity index (χ0) is 24.1. The van der Waals surface area contributed by atoms with Crippen LogP contribution in [0, 0.1) is 9.39 Å². The van der Waals surface area contributed by atoms with E-state index in [-0.39, 0.29) is 23.8 Å². The Labute approximate surface area is 216 Å². The number of anilines is 1. The summed E-state index contributed by atoms with van der Waals surface area (Å²) in [7, 11) is 1.57. The lowest BCUT2D eigenvalue weighted by Gasteiger charge is -2.14. The Bertz CT molecular complexity index is 1220. The highest BCUT2D eigenvalue weighted by Crippen LogP contribution is 2.37. The maximum atomic E-state index is 13.4. The van der Waals surface area contributed by atoms with Crippen LogP contribution in [0.25, 0.3) is 6.08 Å². The molecule has 1 amide bonds. The maximum absolute atomic E-state index is 13.4. The third kappa shape index (κ3) is 6.04. The van der Waals surface area contributed by atoms with Crippen molar-refractivity contribution < 1.29 is 18.7 Å². The summed E-state index contributed by atoms with van der Waals surface area (Å²) in [6, 6.07) is 18.2. The molecule has 5 nitrogen and oxygen atoms in total. The summed E-state index contributed by atoms with van der Waals surface area (Å²) in [5, 5.41) is 6.29. The highest BCUT2D eigenvalue weighted by atomic mass is 127. The topological polar surface area (TPSA) is 59.6 Å². The second-order valence-electron chi connectivity index (χ2n) is 7.63. The number of carbonyl (C=O) groups excluding carboxylic acids is 1. The predicted octanol–water partition coefficient (Wildman–Crippen LogP) is 6.18. The number of rotatable bonds is 8. The van der Waals surface area contributed by atoms with E-state index in [9.17, 15) is 9.18 Å². The summed E-state index contributed by atoms with van der Waals surface area (Å²) in [6.45, 7) is 2.33. The monoisotopic (exact) mass is 590 g/mol. The van der Waals surface area contributed by atoms with Crippen molar-refractivity contribution in [3.05, 3.63) is 91.6 Å². The molecule has 2 N–H and O–H groups in total. The van der Waals surface area contributed by atoms with E-state index in [1.807, 2.05) is 30.3 Å². The van der Waals surface area contributed by atoms with Crippen molar-refractivity contribution in [1.29, 1.82) is 0 Å². The molecular weight excluding hydrogens is 566 g/mol. The summed E-state index contributed by atoms with van der Waals surface area (Å²) in [6.07, 6.45) is 2.82. The van der Waals surface area contributed by atoms with Crippen LogP contribution in [0.3, 0.4) is 0 Å². The summed E-state index contributed by atoms with van der Waals surface area (Å²) in [5.74, 6) is 0.688. The first-order chi connectivity index (χ1) is 16.4. The van der Waals surface area contributed by atoms with Gasteiger partial charge in [0.25, 0.3) is 5.91 Å². The SMILES string of the molecule is CCc1ccc(N[C@@H]2NC(=O)/C(=C/c3cc(I)c(OCc4cccc(F)c4)c(OC)c3)S2)cc1. The molecule has 1 atom stereocenters. The van der Waals surface area contributed by atoms with E-state index in [0.29, 0.717) is 16.4 Å². The first kappa shape index (κ1) is 24.4. The van der Waals surface area contributed by atoms with Gasteiger partial charge >= 0.3 is 0 Å². The Morgan fingerprint density at radius 2 is 1.94 bits per heavy atom. The number of ether oxygens (including phenoxy) is 2. The highest BCUT2D eigenvalue weighted by molar-refractivity contribution is 14.1. The molecule has 34 heavy (non-hydrogen) atoms. The molecule has 0 radical (unpaired) electrons. The fraction of sp³-hybridized carbons (Fsp3) is 0.192. The van der Waals surface area contributed by atoms with E-state index < -0.39 is 0 Å². The summed E-state index contributed by atoms with van der Waals surface area (Å²) < 4.78 is 25.7. The molecule has 3 aromatic rings. The quantitative estimate of drug-likeness (QED) is 0.243. The normalized spacial score (nSPS) is 16.4. The van der Waals surface area contributed by atoms with Crippen LogP contribution in [0.2, 0.25) is 0 Å². The molecule has 8 heteroatoms. The number of methoxy groups -OCH3 is 1. The molecule has 0 aromatic heterocycles. The first-order valence-electron chi connectivity index (χ1n) is 10.7. The van der Waals surface area contributed by atoms with E-state index in [1.165, 1.54) is 29.5 Å². The first-order valence-corrected chi connectivity index (χ1v) is 12.7. The van der Waals surface area contributed by atoms with Gasteiger partial charge in [0.1, 0.15) is 12.4 Å². The van der Waals surface area contributed by atoms with Gasteiger partial charge in [0.15, 0.2) is 17.0 Å². The van der Waals surface area contributed by atoms with E-state index in [1.54, 1.807) is 19.2 Å². The van der Waals surface area contributed by atoms with Gasteiger partial charge in [0.05, 0.1) is 15.6 Å². The zero-order valence-corrected chi connectivity index (χ0v) is 21.7. The summed E-state index contributed by atoms with van der Waals surface area (Å²) in [4.78, 5) is 13.1. The lowest BCUT2D eigenvalue weighted by Crippen LogP contribution is -2.30. The van der Waals surface area contributed by atoms with Crippen LogP contribution in [0.4, 0.5) is 10.1 Å². The van der Waals surface area contributed by atoms with Gasteiger partial charge in [-0.05, 0) is 88.2 Å². The molecule has 1 heterocycles. The Morgan fingerprint density at radius 3 is 2.65 bits per heavy atom. The van der Waals surface area contributed by atoms with Crippen LogP contribution < -0.4 is 20.1 Å². The van der Waals surface area contributed by atoms with E-state index in [4.69, 9.17) is 9.47 Å². The maximum Gasteiger partial charge on any atom is 0.260 e. The predicted molar refractivity (Wildman–Crippen MR) is 143 cm³/mol. The molecule has 176 valence electrons. The number of hydrogen-bond acceptors (Lipinski definition) is 5. The minimum Gasteiger partial charge on any atom is -0.493 e. The minimum absolute atomic E-state index is 0.131. The van der Waals surface area contributed by atoms with E-state index in [2.05, 4.69) is 52.3 Å². The number of nitrogens with one attached hydrogen (secondary N) is 2. The highest BCUT2D eigenvalue weighted by Gasteiger charge is 2.27. The second kappa shape index (κ2) is 11.1. The third-order valence-electron chi connectivity index (χ3n) is 5.21.